The van der Waals surface area contributed by atoms with Crippen LogP contribution in [0.3, 0.4) is 0 Å². The number of halogens is 1. The molecule has 35 heavy (non-hydrogen) atoms. The molecule has 0 saturated heterocycles. The van der Waals surface area contributed by atoms with E-state index in [-0.39, 0.29) is 17.0 Å². The molecule has 0 aromatic heterocycles. The molecule has 3 aromatic rings. The topological polar surface area (TPSA) is 133 Å². The molecule has 10 heteroatoms. The Bertz CT molecular complexity index is 1280. The standard InChI is InChI=1S/C25H21FN2O6S/c1-2-21(23(30)27-16-9-7-15(26)8-10-16)35-18-5-3-4-17(13-18)28-22(29)19-11-6-14(24(31)32)12-20(19)25(33)34/h3-13,21H,2H2,1H3,(H,27,30)(H,28,29)(H,31,32)(H,33,34). The van der Waals surface area contributed by atoms with Gasteiger partial charge in [-0.1, -0.05) is 13.0 Å². The summed E-state index contributed by atoms with van der Waals surface area (Å²) in [7, 11) is 0. The number of benzene rings is 3. The Morgan fingerprint density at radius 3 is 2.20 bits per heavy atom. The Balaban J connectivity index is 1.73. The van der Waals surface area contributed by atoms with Crippen molar-refractivity contribution < 1.29 is 33.8 Å². The van der Waals surface area contributed by atoms with Crippen molar-refractivity contribution in [3.8, 4) is 0 Å². The highest BCUT2D eigenvalue weighted by atomic mass is 32.2. The van der Waals surface area contributed by atoms with E-state index in [4.69, 9.17) is 5.11 Å². The number of carbonyl (C=O) groups excluding carboxylic acids is 2. The highest BCUT2D eigenvalue weighted by Crippen LogP contribution is 2.29. The van der Waals surface area contributed by atoms with Gasteiger partial charge < -0.3 is 20.8 Å². The monoisotopic (exact) mass is 496 g/mol. The maximum absolute atomic E-state index is 13.1. The summed E-state index contributed by atoms with van der Waals surface area (Å²) in [6, 6.07) is 15.3. The predicted octanol–water partition coefficient (Wildman–Crippen LogP) is 4.98. The van der Waals surface area contributed by atoms with E-state index >= 15 is 0 Å². The molecule has 3 rings (SSSR count). The van der Waals surface area contributed by atoms with Crippen LogP contribution in [0.4, 0.5) is 15.8 Å². The van der Waals surface area contributed by atoms with Crippen molar-refractivity contribution in [2.45, 2.75) is 23.5 Å². The molecule has 4 N–H and O–H groups in total. The SMILES string of the molecule is CCC(Sc1cccc(NC(=O)c2ccc(C(=O)O)cc2C(=O)O)c1)C(=O)Nc1ccc(F)cc1. The first-order valence-corrected chi connectivity index (χ1v) is 11.3. The molecule has 0 fully saturated rings. The van der Waals surface area contributed by atoms with Crippen LogP contribution in [0, 0.1) is 5.82 Å². The quantitative estimate of drug-likeness (QED) is 0.307. The largest absolute Gasteiger partial charge is 0.478 e. The van der Waals surface area contributed by atoms with Gasteiger partial charge in [0.25, 0.3) is 5.91 Å². The summed E-state index contributed by atoms with van der Waals surface area (Å²) >= 11 is 1.27. The van der Waals surface area contributed by atoms with Crippen molar-refractivity contribution in [2.24, 2.45) is 0 Å². The zero-order valence-electron chi connectivity index (χ0n) is 18.4. The Kier molecular flexibility index (Phi) is 8.21. The van der Waals surface area contributed by atoms with E-state index in [9.17, 15) is 28.7 Å². The molecular weight excluding hydrogens is 475 g/mol. The third-order valence-electron chi connectivity index (χ3n) is 4.89. The first-order chi connectivity index (χ1) is 16.7. The molecule has 2 amide bonds. The minimum absolute atomic E-state index is 0.189. The Hall–Kier alpha value is -4.18. The predicted molar refractivity (Wildman–Crippen MR) is 130 cm³/mol. The van der Waals surface area contributed by atoms with Gasteiger partial charge >= 0.3 is 11.9 Å². The molecular formula is C25H21FN2O6S. The van der Waals surface area contributed by atoms with Crippen LogP contribution in [0.15, 0.2) is 71.6 Å². The number of nitrogens with one attached hydrogen (secondary N) is 2. The van der Waals surface area contributed by atoms with Gasteiger partial charge in [-0.2, -0.15) is 0 Å². The van der Waals surface area contributed by atoms with Crippen molar-refractivity contribution in [2.75, 3.05) is 10.6 Å². The van der Waals surface area contributed by atoms with Crippen molar-refractivity contribution in [1.29, 1.82) is 0 Å². The second-order valence-corrected chi connectivity index (χ2v) is 8.64. The molecule has 3 aromatic carbocycles. The van der Waals surface area contributed by atoms with E-state index in [0.717, 1.165) is 18.2 Å². The third kappa shape index (κ3) is 6.67. The number of carboxylic acids is 2. The Labute approximate surface area is 204 Å². The van der Waals surface area contributed by atoms with Crippen molar-refractivity contribution in [3.63, 3.8) is 0 Å². The molecule has 0 heterocycles. The summed E-state index contributed by atoms with van der Waals surface area (Å²) in [5, 5.41) is 23.4. The van der Waals surface area contributed by atoms with Gasteiger partial charge in [-0.05, 0) is 67.1 Å². The maximum atomic E-state index is 13.1. The second-order valence-electron chi connectivity index (χ2n) is 7.36. The molecule has 0 radical (unpaired) electrons. The van der Waals surface area contributed by atoms with Crippen LogP contribution < -0.4 is 10.6 Å². The van der Waals surface area contributed by atoms with Crippen molar-refractivity contribution >= 4 is 46.9 Å². The number of thioether (sulfide) groups is 1. The van der Waals surface area contributed by atoms with Gasteiger partial charge in [0.1, 0.15) is 5.82 Å². The molecule has 0 aliphatic carbocycles. The van der Waals surface area contributed by atoms with Gasteiger partial charge in [0.05, 0.1) is 21.9 Å². The van der Waals surface area contributed by atoms with E-state index in [1.807, 2.05) is 6.92 Å². The van der Waals surface area contributed by atoms with Gasteiger partial charge in [0.15, 0.2) is 0 Å². The zero-order chi connectivity index (χ0) is 25.5. The average molecular weight is 497 g/mol. The van der Waals surface area contributed by atoms with Gasteiger partial charge in [-0.25, -0.2) is 14.0 Å². The fraction of sp³-hybridized carbons (Fsp3) is 0.120. The Morgan fingerprint density at radius 2 is 1.57 bits per heavy atom. The molecule has 0 bridgehead atoms. The third-order valence-corrected chi connectivity index (χ3v) is 6.24. The minimum Gasteiger partial charge on any atom is -0.478 e. The summed E-state index contributed by atoms with van der Waals surface area (Å²) in [5.74, 6) is -4.12. The smallest absolute Gasteiger partial charge is 0.336 e. The van der Waals surface area contributed by atoms with Crippen molar-refractivity contribution in [3.05, 3.63) is 89.2 Å². The fourth-order valence-electron chi connectivity index (χ4n) is 3.14. The summed E-state index contributed by atoms with van der Waals surface area (Å²) in [6.07, 6.45) is 0.506. The fourth-order valence-corrected chi connectivity index (χ4v) is 4.15. The number of aromatic carboxylic acids is 2. The minimum atomic E-state index is -1.43. The lowest BCUT2D eigenvalue weighted by Gasteiger charge is -2.15. The first-order valence-electron chi connectivity index (χ1n) is 10.4. The molecule has 180 valence electrons. The van der Waals surface area contributed by atoms with Crippen LogP contribution in [-0.4, -0.2) is 39.2 Å². The molecule has 0 saturated carbocycles. The second kappa shape index (κ2) is 11.3. The van der Waals surface area contributed by atoms with Crippen molar-refractivity contribution in [1.82, 2.24) is 0 Å². The van der Waals surface area contributed by atoms with E-state index in [0.29, 0.717) is 22.7 Å². The van der Waals surface area contributed by atoms with Gasteiger partial charge in [-0.15, -0.1) is 11.8 Å². The number of carbonyl (C=O) groups is 4. The molecule has 1 unspecified atom stereocenters. The summed E-state index contributed by atoms with van der Waals surface area (Å²) in [5.41, 5.74) is -0.0314. The number of amides is 2. The molecule has 1 atom stereocenters. The molecule has 0 aliphatic rings. The lowest BCUT2D eigenvalue weighted by molar-refractivity contribution is -0.115. The normalized spacial score (nSPS) is 11.4. The highest BCUT2D eigenvalue weighted by molar-refractivity contribution is 8.00. The van der Waals surface area contributed by atoms with E-state index < -0.39 is 34.5 Å². The van der Waals surface area contributed by atoms with Crippen LogP contribution >= 0.6 is 11.8 Å². The number of hydrogen-bond acceptors (Lipinski definition) is 5. The van der Waals surface area contributed by atoms with Crippen LogP contribution in [0.1, 0.15) is 44.4 Å². The number of rotatable bonds is 9. The summed E-state index contributed by atoms with van der Waals surface area (Å²) < 4.78 is 13.1. The number of anilines is 2. The van der Waals surface area contributed by atoms with E-state index in [1.165, 1.54) is 36.0 Å². The van der Waals surface area contributed by atoms with Crippen LogP contribution in [0.25, 0.3) is 0 Å². The summed E-state index contributed by atoms with van der Waals surface area (Å²) in [6.45, 7) is 1.85. The van der Waals surface area contributed by atoms with Gasteiger partial charge in [0, 0.05) is 16.3 Å². The van der Waals surface area contributed by atoms with Crippen LogP contribution in [0.2, 0.25) is 0 Å². The van der Waals surface area contributed by atoms with Gasteiger partial charge in [-0.3, -0.25) is 9.59 Å². The van der Waals surface area contributed by atoms with Crippen LogP contribution in [-0.2, 0) is 4.79 Å². The zero-order valence-corrected chi connectivity index (χ0v) is 19.3. The molecule has 0 spiro atoms. The van der Waals surface area contributed by atoms with E-state index in [1.54, 1.807) is 24.3 Å². The average Bonchev–Trinajstić information content (AvgIpc) is 2.83. The molecule has 8 nitrogen and oxygen atoms in total. The van der Waals surface area contributed by atoms with Crippen LogP contribution in [0.5, 0.6) is 0 Å². The number of hydrogen-bond donors (Lipinski definition) is 4. The highest BCUT2D eigenvalue weighted by Gasteiger charge is 2.21. The molecule has 0 aliphatic heterocycles. The lowest BCUT2D eigenvalue weighted by Crippen LogP contribution is -2.24. The van der Waals surface area contributed by atoms with E-state index in [2.05, 4.69) is 10.6 Å². The lowest BCUT2D eigenvalue weighted by atomic mass is 10.0. The summed E-state index contributed by atoms with van der Waals surface area (Å²) in [4.78, 5) is 48.7. The van der Waals surface area contributed by atoms with Gasteiger partial charge in [0.2, 0.25) is 5.91 Å². The maximum Gasteiger partial charge on any atom is 0.336 e. The number of carboxylic acid groups (broad SMARTS) is 2. The Morgan fingerprint density at radius 1 is 0.857 bits per heavy atom. The first kappa shape index (κ1) is 25.4.